The van der Waals surface area contributed by atoms with Crippen molar-refractivity contribution in [2.24, 2.45) is 17.3 Å². The molecule has 0 spiro atoms. The molecule has 1 aromatic heterocycles. The number of carboxylic acid groups (broad SMARTS) is 1. The van der Waals surface area contributed by atoms with Gasteiger partial charge in [0.05, 0.1) is 23.5 Å². The summed E-state index contributed by atoms with van der Waals surface area (Å²) in [6.45, 7) is 0.292. The van der Waals surface area contributed by atoms with E-state index in [2.05, 4.69) is 11.1 Å². The molecule has 0 unspecified atom stereocenters. The molecule has 7 heteroatoms. The van der Waals surface area contributed by atoms with Gasteiger partial charge in [-0.3, -0.25) is 19.4 Å². The second-order valence-corrected chi connectivity index (χ2v) is 12.2. The monoisotopic (exact) mass is 566 g/mol. The molecule has 3 aliphatic rings. The van der Waals surface area contributed by atoms with Crippen LogP contribution in [-0.4, -0.2) is 51.3 Å². The third kappa shape index (κ3) is 5.83. The average molecular weight is 567 g/mol. The van der Waals surface area contributed by atoms with Gasteiger partial charge in [0.2, 0.25) is 5.91 Å². The number of hydrogen-bond acceptors (Lipinski definition) is 5. The van der Waals surface area contributed by atoms with Crippen molar-refractivity contribution in [2.45, 2.75) is 69.9 Å². The van der Waals surface area contributed by atoms with E-state index in [4.69, 9.17) is 4.74 Å². The Kier molecular flexibility index (Phi) is 8.09. The molecule has 3 aromatic rings. The van der Waals surface area contributed by atoms with Gasteiger partial charge >= 0.3 is 5.97 Å². The van der Waals surface area contributed by atoms with Crippen LogP contribution in [0.2, 0.25) is 0 Å². The minimum atomic E-state index is -1.08. The van der Waals surface area contributed by atoms with Gasteiger partial charge in [-0.2, -0.15) is 0 Å². The van der Waals surface area contributed by atoms with Crippen LogP contribution in [0, 0.1) is 17.3 Å². The second kappa shape index (κ2) is 12.1. The number of amides is 1. The van der Waals surface area contributed by atoms with Crippen molar-refractivity contribution in [3.05, 3.63) is 84.6 Å². The first-order chi connectivity index (χ1) is 20.4. The highest BCUT2D eigenvalue weighted by Crippen LogP contribution is 2.57. The minimum Gasteiger partial charge on any atom is -0.488 e. The smallest absolute Gasteiger partial charge is 0.310 e. The Labute approximate surface area is 246 Å². The molecule has 6 rings (SSSR count). The fourth-order valence-electron chi connectivity index (χ4n) is 6.86. The number of Topliss-reactive ketones (excluding diaryl/α,β-unsaturated/α-hetero) is 1. The van der Waals surface area contributed by atoms with E-state index < -0.39 is 17.4 Å². The summed E-state index contributed by atoms with van der Waals surface area (Å²) in [5, 5.41) is 11.0. The van der Waals surface area contributed by atoms with E-state index in [1.54, 1.807) is 11.1 Å². The number of carboxylic acids is 1. The van der Waals surface area contributed by atoms with Gasteiger partial charge in [-0.05, 0) is 61.8 Å². The number of hydrogen-bond donors (Lipinski definition) is 1. The van der Waals surface area contributed by atoms with Crippen molar-refractivity contribution in [3.63, 3.8) is 0 Å². The van der Waals surface area contributed by atoms with Crippen LogP contribution >= 0.6 is 0 Å². The van der Waals surface area contributed by atoms with Crippen molar-refractivity contribution >= 4 is 28.6 Å². The standard InChI is InChI=1S/C35H38N2O5/c38-31-22-35(34(40)41)21-26(35)14-8-3-1-2-7-13-25(19-24-11-5-4-6-12-24)33(39)37-23-27(20-30(31)37)42-32-17-18-36-29-16-10-9-15-28(29)32/h4-6,8-12,14-18,25-27,30H,1-3,7,13,19-23H2,(H,40,41)/b14-8-/t25-,26+,27-,30+,35-/m1/s1. The van der Waals surface area contributed by atoms with Gasteiger partial charge in [-0.15, -0.1) is 0 Å². The molecule has 218 valence electrons. The summed E-state index contributed by atoms with van der Waals surface area (Å²) in [4.78, 5) is 46.8. The zero-order chi connectivity index (χ0) is 29.1. The van der Waals surface area contributed by atoms with Crippen molar-refractivity contribution in [1.29, 1.82) is 0 Å². The number of ether oxygens (including phenoxy) is 1. The molecule has 5 atom stereocenters. The number of ketones is 1. The van der Waals surface area contributed by atoms with Gasteiger partial charge in [-0.1, -0.05) is 67.5 Å². The summed E-state index contributed by atoms with van der Waals surface area (Å²) in [7, 11) is 0. The van der Waals surface area contributed by atoms with Gasteiger partial charge < -0.3 is 14.7 Å². The maximum Gasteiger partial charge on any atom is 0.310 e. The molecular formula is C35H38N2O5. The number of fused-ring (bicyclic) bond motifs is 3. The Morgan fingerprint density at radius 1 is 1.02 bits per heavy atom. The fourth-order valence-corrected chi connectivity index (χ4v) is 6.86. The van der Waals surface area contributed by atoms with Crippen molar-refractivity contribution < 1.29 is 24.2 Å². The predicted octanol–water partition coefficient (Wildman–Crippen LogP) is 6.01. The fraction of sp³-hybridized carbons (Fsp3) is 0.429. The molecular weight excluding hydrogens is 528 g/mol. The Morgan fingerprint density at radius 2 is 1.83 bits per heavy atom. The third-order valence-electron chi connectivity index (χ3n) is 9.34. The summed E-state index contributed by atoms with van der Waals surface area (Å²) < 4.78 is 6.48. The normalized spacial score (nSPS) is 29.2. The molecule has 2 aliphatic heterocycles. The number of benzene rings is 2. The lowest BCUT2D eigenvalue weighted by molar-refractivity contribution is -0.147. The zero-order valence-corrected chi connectivity index (χ0v) is 23.9. The summed E-state index contributed by atoms with van der Waals surface area (Å²) in [5.74, 6) is -0.873. The summed E-state index contributed by atoms with van der Waals surface area (Å²) in [6, 6.07) is 18.9. The lowest BCUT2D eigenvalue weighted by atomic mass is 9.90. The van der Waals surface area contributed by atoms with Crippen LogP contribution in [0.1, 0.15) is 56.9 Å². The number of nitrogens with zero attached hydrogens (tertiary/aromatic N) is 2. The van der Waals surface area contributed by atoms with E-state index in [-0.39, 0.29) is 36.1 Å². The highest BCUT2D eigenvalue weighted by atomic mass is 16.5. The average Bonchev–Trinajstić information content (AvgIpc) is 3.53. The summed E-state index contributed by atoms with van der Waals surface area (Å²) >= 11 is 0. The Bertz CT molecular complexity index is 1480. The number of aromatic nitrogens is 1. The lowest BCUT2D eigenvalue weighted by Crippen LogP contribution is -2.45. The summed E-state index contributed by atoms with van der Waals surface area (Å²) in [5.41, 5.74) is 0.834. The highest BCUT2D eigenvalue weighted by molar-refractivity contribution is 5.95. The predicted molar refractivity (Wildman–Crippen MR) is 160 cm³/mol. The quantitative estimate of drug-likeness (QED) is 0.380. The summed E-state index contributed by atoms with van der Waals surface area (Å²) in [6.07, 6.45) is 11.3. The van der Waals surface area contributed by atoms with Gasteiger partial charge in [0.25, 0.3) is 0 Å². The Morgan fingerprint density at radius 3 is 2.67 bits per heavy atom. The molecule has 1 N–H and O–H groups in total. The van der Waals surface area contributed by atoms with Crippen LogP contribution in [0.3, 0.4) is 0 Å². The molecule has 0 bridgehead atoms. The third-order valence-corrected chi connectivity index (χ3v) is 9.34. The van der Waals surface area contributed by atoms with E-state index in [1.165, 1.54) is 0 Å². The minimum absolute atomic E-state index is 0.0346. The van der Waals surface area contributed by atoms with Crippen LogP contribution in [0.25, 0.3) is 10.9 Å². The first kappa shape index (κ1) is 28.1. The van der Waals surface area contributed by atoms with Gasteiger partial charge in [0, 0.05) is 30.3 Å². The van der Waals surface area contributed by atoms with E-state index >= 15 is 0 Å². The van der Waals surface area contributed by atoms with Crippen LogP contribution in [0.5, 0.6) is 5.75 Å². The number of rotatable bonds is 5. The van der Waals surface area contributed by atoms with Crippen LogP contribution in [0.15, 0.2) is 79.0 Å². The Hall–Kier alpha value is -4.00. The van der Waals surface area contributed by atoms with Gasteiger partial charge in [0.1, 0.15) is 11.9 Å². The first-order valence-corrected chi connectivity index (χ1v) is 15.2. The first-order valence-electron chi connectivity index (χ1n) is 15.2. The van der Waals surface area contributed by atoms with E-state index in [0.29, 0.717) is 31.6 Å². The number of pyridine rings is 1. The van der Waals surface area contributed by atoms with Crippen molar-refractivity contribution in [3.8, 4) is 5.75 Å². The molecule has 0 radical (unpaired) electrons. The maximum atomic E-state index is 14.3. The number of carbonyl (C=O) groups excluding carboxylic acids is 2. The number of aliphatic carboxylic acids is 1. The van der Waals surface area contributed by atoms with E-state index in [9.17, 15) is 19.5 Å². The molecule has 3 heterocycles. The van der Waals surface area contributed by atoms with Crippen molar-refractivity contribution in [2.75, 3.05) is 6.54 Å². The molecule has 1 saturated carbocycles. The van der Waals surface area contributed by atoms with Gasteiger partial charge in [-0.25, -0.2) is 0 Å². The maximum absolute atomic E-state index is 14.3. The zero-order valence-electron chi connectivity index (χ0n) is 23.9. The number of para-hydroxylation sites is 1. The lowest BCUT2D eigenvalue weighted by Gasteiger charge is -2.29. The molecule has 1 aliphatic carbocycles. The van der Waals surface area contributed by atoms with E-state index in [1.807, 2.05) is 66.7 Å². The largest absolute Gasteiger partial charge is 0.488 e. The molecule has 7 nitrogen and oxygen atoms in total. The van der Waals surface area contributed by atoms with E-state index in [0.717, 1.165) is 48.6 Å². The van der Waals surface area contributed by atoms with Gasteiger partial charge in [0.15, 0.2) is 5.78 Å². The second-order valence-electron chi connectivity index (χ2n) is 12.2. The molecule has 1 saturated heterocycles. The molecule has 2 aromatic carbocycles. The molecule has 1 amide bonds. The molecule has 2 fully saturated rings. The van der Waals surface area contributed by atoms with Crippen LogP contribution in [-0.2, 0) is 20.8 Å². The van der Waals surface area contributed by atoms with Crippen LogP contribution < -0.4 is 4.74 Å². The Balaban J connectivity index is 1.30. The van der Waals surface area contributed by atoms with Crippen LogP contribution in [0.4, 0.5) is 0 Å². The van der Waals surface area contributed by atoms with Crippen molar-refractivity contribution in [1.82, 2.24) is 9.88 Å². The number of allylic oxidation sites excluding steroid dienone is 2. The number of carbonyl (C=O) groups is 3. The molecule has 42 heavy (non-hydrogen) atoms. The topological polar surface area (TPSA) is 96.8 Å². The SMILES string of the molecule is O=C1C[C@]2(C(=O)O)C[C@@H]2/C=C\CCCCC[C@H](Cc2ccccc2)C(=O)N2C[C@H](Oc3ccnc4ccccc34)C[C@@H]12. The highest BCUT2D eigenvalue weighted by Gasteiger charge is 2.61.